The van der Waals surface area contributed by atoms with Gasteiger partial charge in [0.15, 0.2) is 5.76 Å². The minimum atomic E-state index is -0.933. The van der Waals surface area contributed by atoms with E-state index in [1.165, 1.54) is 23.5 Å². The van der Waals surface area contributed by atoms with Crippen molar-refractivity contribution in [2.24, 2.45) is 0 Å². The number of ether oxygens (including phenoxy) is 1. The van der Waals surface area contributed by atoms with Crippen LogP contribution in [0.15, 0.2) is 100 Å². The topological polar surface area (TPSA) is 114 Å². The third-order valence-electron chi connectivity index (χ3n) is 5.96. The average Bonchev–Trinajstić information content (AvgIpc) is 3.68. The Kier molecular flexibility index (Phi) is 8.96. The first-order valence-corrected chi connectivity index (χ1v) is 12.1. The molecule has 0 fully saturated rings. The summed E-state index contributed by atoms with van der Waals surface area (Å²) in [7, 11) is 1.60. The van der Waals surface area contributed by atoms with Crippen LogP contribution < -0.4 is 15.4 Å². The first-order valence-electron chi connectivity index (χ1n) is 12.1. The van der Waals surface area contributed by atoms with Gasteiger partial charge in [0.2, 0.25) is 11.8 Å². The number of amides is 3. The van der Waals surface area contributed by atoms with Crippen molar-refractivity contribution in [3.8, 4) is 5.75 Å². The van der Waals surface area contributed by atoms with Gasteiger partial charge in [-0.15, -0.1) is 0 Å². The van der Waals surface area contributed by atoms with Crippen LogP contribution in [-0.4, -0.2) is 42.8 Å². The normalized spacial score (nSPS) is 11.4. The molecule has 2 aromatic carbocycles. The van der Waals surface area contributed by atoms with Crippen molar-refractivity contribution < 1.29 is 28.0 Å². The summed E-state index contributed by atoms with van der Waals surface area (Å²) in [6.45, 7) is 0.0946. The van der Waals surface area contributed by atoms with Crippen molar-refractivity contribution in [1.82, 2.24) is 15.5 Å². The highest BCUT2D eigenvalue weighted by Crippen LogP contribution is 2.23. The van der Waals surface area contributed by atoms with Crippen molar-refractivity contribution >= 4 is 17.7 Å². The van der Waals surface area contributed by atoms with E-state index in [1.807, 2.05) is 42.5 Å². The molecule has 4 rings (SSSR count). The fraction of sp³-hybridized carbons (Fsp3) is 0.207. The van der Waals surface area contributed by atoms with Crippen LogP contribution in [0.4, 0.5) is 0 Å². The quantitative estimate of drug-likeness (QED) is 0.297. The highest BCUT2D eigenvalue weighted by atomic mass is 16.5. The van der Waals surface area contributed by atoms with Crippen molar-refractivity contribution in [3.63, 3.8) is 0 Å². The van der Waals surface area contributed by atoms with Gasteiger partial charge in [0, 0.05) is 6.54 Å². The molecular weight excluding hydrogens is 486 g/mol. The van der Waals surface area contributed by atoms with Crippen molar-refractivity contribution in [2.75, 3.05) is 20.2 Å². The highest BCUT2D eigenvalue weighted by molar-refractivity contribution is 5.95. The van der Waals surface area contributed by atoms with E-state index in [2.05, 4.69) is 10.6 Å². The number of nitrogens with one attached hydrogen (secondary N) is 2. The Morgan fingerprint density at radius 3 is 2.26 bits per heavy atom. The summed E-state index contributed by atoms with van der Waals surface area (Å²) in [5.74, 6) is 0.109. The Bertz CT molecular complexity index is 1300. The van der Waals surface area contributed by atoms with Gasteiger partial charge in [-0.1, -0.05) is 42.5 Å². The summed E-state index contributed by atoms with van der Waals surface area (Å²) in [4.78, 5) is 41.0. The molecule has 0 radical (unpaired) electrons. The van der Waals surface area contributed by atoms with Crippen LogP contribution in [0.2, 0.25) is 0 Å². The number of carbonyl (C=O) groups excluding carboxylic acids is 3. The lowest BCUT2D eigenvalue weighted by Gasteiger charge is -2.31. The fourth-order valence-corrected chi connectivity index (χ4v) is 3.98. The van der Waals surface area contributed by atoms with E-state index in [1.54, 1.807) is 37.4 Å². The summed E-state index contributed by atoms with van der Waals surface area (Å²) in [6, 6.07) is 22.2. The number of hydrogen-bond acceptors (Lipinski definition) is 6. The number of methoxy groups -OCH3 is 1. The lowest BCUT2D eigenvalue weighted by molar-refractivity contribution is -0.140. The summed E-state index contributed by atoms with van der Waals surface area (Å²) in [6.07, 6.45) is 3.39. The van der Waals surface area contributed by atoms with Gasteiger partial charge in [-0.05, 0) is 53.9 Å². The van der Waals surface area contributed by atoms with Crippen LogP contribution in [0.5, 0.6) is 5.75 Å². The zero-order chi connectivity index (χ0) is 26.7. The molecule has 3 amide bonds. The highest BCUT2D eigenvalue weighted by Gasteiger charge is 2.31. The number of rotatable bonds is 12. The molecule has 0 aliphatic carbocycles. The maximum absolute atomic E-state index is 13.6. The molecule has 196 valence electrons. The molecule has 0 bridgehead atoms. The van der Waals surface area contributed by atoms with Crippen LogP contribution in [0.25, 0.3) is 0 Å². The molecule has 0 saturated heterocycles. The van der Waals surface area contributed by atoms with Gasteiger partial charge in [0.25, 0.3) is 5.91 Å². The molecule has 0 aliphatic heterocycles. The Morgan fingerprint density at radius 1 is 0.868 bits per heavy atom. The van der Waals surface area contributed by atoms with Gasteiger partial charge in [0.1, 0.15) is 17.6 Å². The van der Waals surface area contributed by atoms with Gasteiger partial charge in [-0.25, -0.2) is 0 Å². The monoisotopic (exact) mass is 515 g/mol. The van der Waals surface area contributed by atoms with E-state index in [4.69, 9.17) is 13.6 Å². The molecule has 1 atom stereocenters. The average molecular weight is 516 g/mol. The summed E-state index contributed by atoms with van der Waals surface area (Å²) in [5, 5.41) is 5.47. The predicted molar refractivity (Wildman–Crippen MR) is 139 cm³/mol. The van der Waals surface area contributed by atoms with E-state index < -0.39 is 17.9 Å². The third kappa shape index (κ3) is 6.91. The first kappa shape index (κ1) is 26.3. The lowest BCUT2D eigenvalue weighted by atomic mass is 10.0. The van der Waals surface area contributed by atoms with Crippen LogP contribution in [-0.2, 0) is 22.6 Å². The van der Waals surface area contributed by atoms with Gasteiger partial charge < -0.3 is 29.1 Å². The smallest absolute Gasteiger partial charge is 0.287 e. The van der Waals surface area contributed by atoms with Crippen LogP contribution in [0.3, 0.4) is 0 Å². The Labute approximate surface area is 220 Å². The molecule has 2 N–H and O–H groups in total. The second-order valence-corrected chi connectivity index (χ2v) is 8.46. The predicted octanol–water partition coefficient (Wildman–Crippen LogP) is 3.74. The standard InChI is InChI=1S/C29H29N3O6/c1-36-23-13-11-21(12-14-23)15-16-32(26(33)20-31-28(34)25-10-6-18-38-25)27(22-7-3-2-4-8-22)29(35)30-19-24-9-5-17-37-24/h2-14,17-18,27H,15-16,19-20H2,1H3,(H,30,35)(H,31,34). The number of nitrogens with zero attached hydrogens (tertiary/aromatic N) is 1. The molecule has 38 heavy (non-hydrogen) atoms. The molecule has 9 heteroatoms. The maximum atomic E-state index is 13.6. The lowest BCUT2D eigenvalue weighted by Crippen LogP contribution is -2.48. The Morgan fingerprint density at radius 2 is 1.61 bits per heavy atom. The van der Waals surface area contributed by atoms with Crippen LogP contribution in [0, 0.1) is 0 Å². The number of furan rings is 2. The summed E-state index contributed by atoms with van der Waals surface area (Å²) in [5.41, 5.74) is 1.61. The Balaban J connectivity index is 1.57. The second-order valence-electron chi connectivity index (χ2n) is 8.46. The third-order valence-corrected chi connectivity index (χ3v) is 5.96. The first-order chi connectivity index (χ1) is 18.5. The molecule has 2 aromatic heterocycles. The van der Waals surface area contributed by atoms with Gasteiger partial charge in [-0.2, -0.15) is 0 Å². The zero-order valence-electron chi connectivity index (χ0n) is 21.0. The zero-order valence-corrected chi connectivity index (χ0v) is 21.0. The van der Waals surface area contributed by atoms with Crippen molar-refractivity contribution in [2.45, 2.75) is 19.0 Å². The summed E-state index contributed by atoms with van der Waals surface area (Å²) >= 11 is 0. The van der Waals surface area contributed by atoms with Gasteiger partial charge in [0.05, 0.1) is 32.7 Å². The molecule has 0 aliphatic rings. The van der Waals surface area contributed by atoms with Crippen LogP contribution in [0.1, 0.15) is 33.5 Å². The van der Waals surface area contributed by atoms with E-state index in [0.29, 0.717) is 17.7 Å². The van der Waals surface area contributed by atoms with Crippen molar-refractivity contribution in [3.05, 3.63) is 114 Å². The van der Waals surface area contributed by atoms with Gasteiger partial charge >= 0.3 is 0 Å². The minimum absolute atomic E-state index is 0.0957. The number of benzene rings is 2. The van der Waals surface area contributed by atoms with Gasteiger partial charge in [-0.3, -0.25) is 14.4 Å². The van der Waals surface area contributed by atoms with E-state index in [0.717, 1.165) is 11.3 Å². The minimum Gasteiger partial charge on any atom is -0.497 e. The number of hydrogen-bond donors (Lipinski definition) is 2. The number of carbonyl (C=O) groups is 3. The van der Waals surface area contributed by atoms with E-state index in [-0.39, 0.29) is 31.3 Å². The molecule has 0 saturated carbocycles. The van der Waals surface area contributed by atoms with Crippen LogP contribution >= 0.6 is 0 Å². The largest absolute Gasteiger partial charge is 0.497 e. The summed E-state index contributed by atoms with van der Waals surface area (Å²) < 4.78 is 15.7. The SMILES string of the molecule is COc1ccc(CCN(C(=O)CNC(=O)c2ccco2)C(C(=O)NCc2ccco2)c2ccccc2)cc1. The Hall–Kier alpha value is -4.79. The molecule has 4 aromatic rings. The van der Waals surface area contributed by atoms with E-state index in [9.17, 15) is 14.4 Å². The molecule has 9 nitrogen and oxygen atoms in total. The molecule has 2 heterocycles. The molecule has 1 unspecified atom stereocenters. The fourth-order valence-electron chi connectivity index (χ4n) is 3.98. The second kappa shape index (κ2) is 13.0. The van der Waals surface area contributed by atoms with E-state index >= 15 is 0 Å². The maximum Gasteiger partial charge on any atom is 0.287 e. The van der Waals surface area contributed by atoms with Crippen molar-refractivity contribution in [1.29, 1.82) is 0 Å². The molecular formula is C29H29N3O6. The molecule has 0 spiro atoms.